The number of rotatable bonds is 11. The molecule has 0 radical (unpaired) electrons. The van der Waals surface area contributed by atoms with Crippen LogP contribution in [-0.2, 0) is 27.4 Å². The summed E-state index contributed by atoms with van der Waals surface area (Å²) in [7, 11) is 2.92. The Labute approximate surface area is 212 Å². The fourth-order valence-corrected chi connectivity index (χ4v) is 3.63. The summed E-state index contributed by atoms with van der Waals surface area (Å²) >= 11 is 0. The molecule has 0 saturated carbocycles. The van der Waals surface area contributed by atoms with Crippen LogP contribution in [0.1, 0.15) is 38.3 Å². The third-order valence-corrected chi connectivity index (χ3v) is 5.43. The Kier molecular flexibility index (Phi) is 10.3. The van der Waals surface area contributed by atoms with Gasteiger partial charge in [-0.05, 0) is 56.2 Å². The van der Waals surface area contributed by atoms with Gasteiger partial charge in [0.25, 0.3) is 0 Å². The van der Waals surface area contributed by atoms with Gasteiger partial charge in [0.05, 0.1) is 31.4 Å². The van der Waals surface area contributed by atoms with E-state index in [0.29, 0.717) is 12.2 Å². The molecule has 0 bridgehead atoms. The summed E-state index contributed by atoms with van der Waals surface area (Å²) in [4.78, 5) is 28.7. The highest BCUT2D eigenvalue weighted by atomic mass is 35.5. The molecule has 3 aromatic rings. The quantitative estimate of drug-likeness (QED) is 0.259. The number of hydrogen-bond donors (Lipinski definition) is 0. The average Bonchev–Trinajstić information content (AvgIpc) is 2.86. The summed E-state index contributed by atoms with van der Waals surface area (Å²) < 4.78 is 22.3. The minimum Gasteiger partial charge on any atom is -0.497 e. The molecule has 188 valence electrons. The first-order valence-corrected chi connectivity index (χ1v) is 11.3. The molecule has 2 aromatic carbocycles. The first kappa shape index (κ1) is 27.9. The van der Waals surface area contributed by atoms with Gasteiger partial charge in [-0.3, -0.25) is 14.6 Å². The maximum Gasteiger partial charge on any atom is 0.316 e. The molecule has 7 nitrogen and oxygen atoms in total. The number of pyridine rings is 1. The van der Waals surface area contributed by atoms with Gasteiger partial charge in [-0.2, -0.15) is 0 Å². The summed E-state index contributed by atoms with van der Waals surface area (Å²) in [6.07, 6.45) is 2.32. The lowest BCUT2D eigenvalue weighted by atomic mass is 9.94. The molecule has 35 heavy (non-hydrogen) atoms. The number of nitrogens with zero attached hydrogens (tertiary/aromatic N) is 1. The standard InChI is InChI=1S/C27H31NO6.ClH/c1-6-25(29)23(27(30)32-5)13-18-7-9-20(10-8-18)33-16-19-15-28-24-12-11-21(31-4)14-22(24)26(19)34-17(2)3;/h7-12,14-15,17,23H,6,13,16H2,1-5H3;1H. The molecule has 3 rings (SSSR count). The van der Waals surface area contributed by atoms with Crippen molar-refractivity contribution in [2.45, 2.75) is 46.3 Å². The number of esters is 1. The smallest absolute Gasteiger partial charge is 0.316 e. The van der Waals surface area contributed by atoms with Gasteiger partial charge in [-0.25, -0.2) is 0 Å². The molecule has 0 aliphatic rings. The molecule has 0 amide bonds. The van der Waals surface area contributed by atoms with Gasteiger partial charge in [0.1, 0.15) is 35.6 Å². The second-order valence-electron chi connectivity index (χ2n) is 8.19. The van der Waals surface area contributed by atoms with Crippen molar-refractivity contribution in [3.8, 4) is 17.2 Å². The number of methoxy groups -OCH3 is 2. The lowest BCUT2D eigenvalue weighted by Crippen LogP contribution is -2.26. The van der Waals surface area contributed by atoms with Crippen LogP contribution in [0.25, 0.3) is 10.9 Å². The number of Topliss-reactive ketones (excluding diaryl/α,β-unsaturated/α-hetero) is 1. The summed E-state index contributed by atoms with van der Waals surface area (Å²) in [5.74, 6) is 0.660. The number of ketones is 1. The van der Waals surface area contributed by atoms with Crippen molar-refractivity contribution in [1.29, 1.82) is 0 Å². The first-order valence-electron chi connectivity index (χ1n) is 11.3. The van der Waals surface area contributed by atoms with Crippen LogP contribution in [0, 0.1) is 5.92 Å². The maximum atomic E-state index is 12.1. The number of hydrogen-bond acceptors (Lipinski definition) is 7. The van der Waals surface area contributed by atoms with Crippen LogP contribution in [0.3, 0.4) is 0 Å². The van der Waals surface area contributed by atoms with E-state index in [2.05, 4.69) is 4.98 Å². The van der Waals surface area contributed by atoms with Crippen LogP contribution >= 0.6 is 12.4 Å². The highest BCUT2D eigenvalue weighted by Gasteiger charge is 2.26. The van der Waals surface area contributed by atoms with Crippen molar-refractivity contribution in [1.82, 2.24) is 4.98 Å². The Morgan fingerprint density at radius 3 is 2.29 bits per heavy atom. The van der Waals surface area contributed by atoms with Gasteiger partial charge >= 0.3 is 5.97 Å². The zero-order valence-electron chi connectivity index (χ0n) is 20.7. The fourth-order valence-electron chi connectivity index (χ4n) is 3.63. The number of carbonyl (C=O) groups is 2. The summed E-state index contributed by atoms with van der Waals surface area (Å²) in [5.41, 5.74) is 2.48. The van der Waals surface area contributed by atoms with Crippen molar-refractivity contribution in [2.24, 2.45) is 5.92 Å². The van der Waals surface area contributed by atoms with Crippen LogP contribution in [0.15, 0.2) is 48.7 Å². The molecule has 1 atom stereocenters. The Morgan fingerprint density at radius 1 is 1.00 bits per heavy atom. The summed E-state index contributed by atoms with van der Waals surface area (Å²) in [6, 6.07) is 13.0. The number of aromatic nitrogens is 1. The molecule has 0 N–H and O–H groups in total. The van der Waals surface area contributed by atoms with Crippen molar-refractivity contribution in [2.75, 3.05) is 14.2 Å². The minimum atomic E-state index is -0.793. The SMILES string of the molecule is CCC(=O)C(Cc1ccc(OCc2cnc3ccc(OC)cc3c2OC(C)C)cc1)C(=O)OC.Cl. The molecular formula is C27H32ClNO6. The average molecular weight is 502 g/mol. The van der Waals surface area contributed by atoms with Crippen LogP contribution in [0.2, 0.25) is 0 Å². The lowest BCUT2D eigenvalue weighted by molar-refractivity contribution is -0.149. The van der Waals surface area contributed by atoms with Gasteiger partial charge in [0, 0.05) is 18.0 Å². The van der Waals surface area contributed by atoms with Crippen molar-refractivity contribution >= 4 is 35.1 Å². The second kappa shape index (κ2) is 13.0. The Morgan fingerprint density at radius 2 is 1.69 bits per heavy atom. The topological polar surface area (TPSA) is 84.0 Å². The van der Waals surface area contributed by atoms with E-state index in [1.54, 1.807) is 20.2 Å². The van der Waals surface area contributed by atoms with Crippen LogP contribution in [-0.4, -0.2) is 37.1 Å². The normalized spacial score (nSPS) is 11.5. The van der Waals surface area contributed by atoms with E-state index in [1.165, 1.54) is 7.11 Å². The number of benzene rings is 2. The predicted molar refractivity (Wildman–Crippen MR) is 137 cm³/mol. The van der Waals surface area contributed by atoms with Crippen molar-refractivity contribution < 1.29 is 28.5 Å². The molecule has 0 saturated heterocycles. The van der Waals surface area contributed by atoms with Crippen LogP contribution in [0.5, 0.6) is 17.2 Å². The zero-order valence-corrected chi connectivity index (χ0v) is 21.5. The van der Waals surface area contributed by atoms with E-state index >= 15 is 0 Å². The Hall–Kier alpha value is -3.32. The number of carbonyl (C=O) groups excluding carboxylic acids is 2. The first-order chi connectivity index (χ1) is 16.4. The number of ether oxygens (including phenoxy) is 4. The highest BCUT2D eigenvalue weighted by Crippen LogP contribution is 2.33. The monoisotopic (exact) mass is 501 g/mol. The fraction of sp³-hybridized carbons (Fsp3) is 0.370. The lowest BCUT2D eigenvalue weighted by Gasteiger charge is -2.17. The van der Waals surface area contributed by atoms with E-state index in [1.807, 2.05) is 56.3 Å². The third kappa shape index (κ3) is 7.09. The molecule has 8 heteroatoms. The predicted octanol–water partition coefficient (Wildman–Crippen LogP) is 5.34. The largest absolute Gasteiger partial charge is 0.497 e. The number of fused-ring (bicyclic) bond motifs is 1. The molecule has 0 spiro atoms. The van der Waals surface area contributed by atoms with E-state index in [0.717, 1.165) is 33.5 Å². The van der Waals surface area contributed by atoms with Crippen molar-refractivity contribution in [3.05, 3.63) is 59.8 Å². The van der Waals surface area contributed by atoms with Gasteiger partial charge < -0.3 is 18.9 Å². The molecular weight excluding hydrogens is 470 g/mol. The van der Waals surface area contributed by atoms with Gasteiger partial charge in [0.15, 0.2) is 0 Å². The van der Waals surface area contributed by atoms with E-state index in [9.17, 15) is 9.59 Å². The third-order valence-electron chi connectivity index (χ3n) is 5.43. The summed E-state index contributed by atoms with van der Waals surface area (Å²) in [5, 5.41) is 0.860. The molecule has 0 aliphatic carbocycles. The molecule has 1 aromatic heterocycles. The zero-order chi connectivity index (χ0) is 24.7. The Bertz CT molecular complexity index is 1130. The van der Waals surface area contributed by atoms with E-state index < -0.39 is 11.9 Å². The van der Waals surface area contributed by atoms with Crippen LogP contribution < -0.4 is 14.2 Å². The number of halogens is 1. The van der Waals surface area contributed by atoms with Crippen LogP contribution in [0.4, 0.5) is 0 Å². The van der Waals surface area contributed by atoms with Gasteiger partial charge in [0.2, 0.25) is 0 Å². The Balaban J connectivity index is 0.00000432. The molecule has 1 heterocycles. The second-order valence-corrected chi connectivity index (χ2v) is 8.19. The highest BCUT2D eigenvalue weighted by molar-refractivity contribution is 5.99. The molecule has 0 aliphatic heterocycles. The molecule has 1 unspecified atom stereocenters. The van der Waals surface area contributed by atoms with Gasteiger partial charge in [-0.1, -0.05) is 19.1 Å². The maximum absolute atomic E-state index is 12.1. The van der Waals surface area contributed by atoms with E-state index in [4.69, 9.17) is 18.9 Å². The minimum absolute atomic E-state index is 0. The van der Waals surface area contributed by atoms with Gasteiger partial charge in [-0.15, -0.1) is 12.4 Å². The summed E-state index contributed by atoms with van der Waals surface area (Å²) in [6.45, 7) is 5.95. The van der Waals surface area contributed by atoms with E-state index in [-0.39, 0.29) is 37.3 Å². The van der Waals surface area contributed by atoms with Crippen molar-refractivity contribution in [3.63, 3.8) is 0 Å². The molecule has 0 fully saturated rings.